The number of halogens is 9. The number of hydrogen-bond acceptors (Lipinski definition) is 3. The molecule has 2 aromatic carbocycles. The van der Waals surface area contributed by atoms with Gasteiger partial charge in [0.2, 0.25) is 11.5 Å². The van der Waals surface area contributed by atoms with E-state index < -0.39 is 65.5 Å². The fourth-order valence-electron chi connectivity index (χ4n) is 2.97. The molecule has 0 radical (unpaired) electrons. The summed E-state index contributed by atoms with van der Waals surface area (Å²) in [7, 11) is 0. The summed E-state index contributed by atoms with van der Waals surface area (Å²) in [6.07, 6.45) is -15.4. The Bertz CT molecular complexity index is 1020. The van der Waals surface area contributed by atoms with Crippen LogP contribution in [-0.4, -0.2) is 23.7 Å². The molecular weight excluding hydrogens is 483 g/mol. The summed E-state index contributed by atoms with van der Waals surface area (Å²) < 4.78 is 120. The minimum Gasteiger partial charge on any atom is -0.381 e. The molecule has 0 spiro atoms. The van der Waals surface area contributed by atoms with Crippen LogP contribution in [0.2, 0.25) is 0 Å². The van der Waals surface area contributed by atoms with E-state index in [1.165, 1.54) is 6.92 Å². The van der Waals surface area contributed by atoms with Gasteiger partial charge in [-0.15, -0.1) is 0 Å². The zero-order valence-electron chi connectivity index (χ0n) is 17.4. The van der Waals surface area contributed by atoms with Crippen molar-refractivity contribution in [2.24, 2.45) is 0 Å². The van der Waals surface area contributed by atoms with Crippen molar-refractivity contribution in [2.45, 2.75) is 44.0 Å². The van der Waals surface area contributed by atoms with E-state index in [4.69, 9.17) is 0 Å². The van der Waals surface area contributed by atoms with Gasteiger partial charge in [-0.1, -0.05) is 25.1 Å². The first-order valence-electron chi connectivity index (χ1n) is 9.66. The van der Waals surface area contributed by atoms with Crippen molar-refractivity contribution in [2.75, 3.05) is 11.9 Å². The van der Waals surface area contributed by atoms with Gasteiger partial charge in [0, 0.05) is 18.7 Å². The van der Waals surface area contributed by atoms with Crippen molar-refractivity contribution in [3.8, 4) is 0 Å². The van der Waals surface area contributed by atoms with Crippen LogP contribution in [0.25, 0.3) is 0 Å². The number of benzene rings is 2. The molecule has 2 aromatic rings. The minimum absolute atomic E-state index is 0.0204. The topological polar surface area (TPSA) is 61.4 Å². The predicted octanol–water partition coefficient (Wildman–Crippen LogP) is 5.61. The van der Waals surface area contributed by atoms with Gasteiger partial charge in [0.25, 0.3) is 0 Å². The molecule has 3 N–H and O–H groups in total. The number of carbonyl (C=O) groups is 1. The second-order valence-corrected chi connectivity index (χ2v) is 7.29. The first-order valence-corrected chi connectivity index (χ1v) is 9.66. The lowest BCUT2D eigenvalue weighted by molar-refractivity contribution is -0.260. The van der Waals surface area contributed by atoms with Gasteiger partial charge in [-0.2, -0.15) is 39.5 Å². The maximum Gasteiger partial charge on any atom is 0.423 e. The molecule has 0 aromatic heterocycles. The highest BCUT2D eigenvalue weighted by Crippen LogP contribution is 2.41. The lowest BCUT2D eigenvalue weighted by atomic mass is 9.91. The van der Waals surface area contributed by atoms with Crippen LogP contribution >= 0.6 is 0 Å². The summed E-state index contributed by atoms with van der Waals surface area (Å²) in [5.74, 6) is -0.522. The third kappa shape index (κ3) is 6.33. The zero-order chi connectivity index (χ0) is 25.9. The van der Waals surface area contributed by atoms with Crippen molar-refractivity contribution in [1.82, 2.24) is 5.32 Å². The summed E-state index contributed by atoms with van der Waals surface area (Å²) in [6.45, 7) is -0.473. The second-order valence-electron chi connectivity index (χ2n) is 7.29. The lowest BCUT2D eigenvalue weighted by Crippen LogP contribution is -2.48. The first-order chi connectivity index (χ1) is 15.5. The summed E-state index contributed by atoms with van der Waals surface area (Å²) in [4.78, 5) is 11.3. The molecule has 0 aliphatic carbocycles. The Morgan fingerprint density at radius 1 is 0.882 bits per heavy atom. The van der Waals surface area contributed by atoms with Gasteiger partial charge < -0.3 is 15.7 Å². The van der Waals surface area contributed by atoms with Crippen LogP contribution in [0.5, 0.6) is 0 Å². The van der Waals surface area contributed by atoms with Gasteiger partial charge in [0.05, 0.1) is 17.7 Å². The van der Waals surface area contributed by atoms with Gasteiger partial charge in [0.15, 0.2) is 0 Å². The molecule has 2 rings (SSSR count). The molecule has 0 unspecified atom stereocenters. The maximum atomic E-state index is 13.7. The van der Waals surface area contributed by atoms with Crippen LogP contribution in [0.3, 0.4) is 0 Å². The van der Waals surface area contributed by atoms with Gasteiger partial charge in [0.1, 0.15) is 0 Å². The highest BCUT2D eigenvalue weighted by molar-refractivity contribution is 5.75. The number of hydrogen-bond donors (Lipinski definition) is 3. The van der Waals surface area contributed by atoms with Crippen molar-refractivity contribution in [3.05, 3.63) is 64.7 Å². The fourth-order valence-corrected chi connectivity index (χ4v) is 2.97. The number of rotatable bonds is 7. The van der Waals surface area contributed by atoms with E-state index in [0.717, 1.165) is 12.1 Å². The number of anilines is 1. The molecule has 0 aliphatic rings. The van der Waals surface area contributed by atoms with Crippen LogP contribution in [0.4, 0.5) is 45.2 Å². The molecule has 1 atom stereocenters. The smallest absolute Gasteiger partial charge is 0.381 e. The van der Waals surface area contributed by atoms with Crippen LogP contribution in [0.1, 0.15) is 35.6 Å². The molecule has 13 heteroatoms. The molecule has 188 valence electrons. The third-order valence-corrected chi connectivity index (χ3v) is 4.90. The quantitative estimate of drug-likeness (QED) is 0.432. The normalized spacial score (nSPS) is 14.4. The number of nitrogens with one attached hydrogen (secondary N) is 2. The molecule has 1 amide bonds. The van der Waals surface area contributed by atoms with E-state index in [-0.39, 0.29) is 18.1 Å². The highest BCUT2D eigenvalue weighted by atomic mass is 19.4. The second kappa shape index (κ2) is 9.72. The van der Waals surface area contributed by atoms with Crippen molar-refractivity contribution in [1.29, 1.82) is 0 Å². The Kier molecular flexibility index (Phi) is 7.80. The molecule has 34 heavy (non-hydrogen) atoms. The van der Waals surface area contributed by atoms with Gasteiger partial charge in [-0.25, -0.2) is 0 Å². The van der Waals surface area contributed by atoms with Gasteiger partial charge in [-0.3, -0.25) is 4.79 Å². The monoisotopic (exact) mass is 502 g/mol. The Balaban J connectivity index is 2.38. The average molecular weight is 502 g/mol. The molecule has 0 aliphatic heterocycles. The van der Waals surface area contributed by atoms with Gasteiger partial charge in [-0.05, 0) is 35.4 Å². The summed E-state index contributed by atoms with van der Waals surface area (Å²) >= 11 is 0. The molecule has 0 saturated heterocycles. The van der Waals surface area contributed by atoms with Gasteiger partial charge >= 0.3 is 18.5 Å². The van der Waals surface area contributed by atoms with Crippen molar-refractivity contribution in [3.63, 3.8) is 0 Å². The largest absolute Gasteiger partial charge is 0.423 e. The number of alkyl halides is 9. The molecule has 0 saturated carbocycles. The minimum atomic E-state index is -5.47. The summed E-state index contributed by atoms with van der Waals surface area (Å²) in [6, 6.07) is 4.34. The van der Waals surface area contributed by atoms with Crippen molar-refractivity contribution >= 4 is 11.6 Å². The highest BCUT2D eigenvalue weighted by Gasteiger charge is 2.55. The first kappa shape index (κ1) is 27.3. The van der Waals surface area contributed by atoms with E-state index in [2.05, 4.69) is 5.32 Å². The Morgan fingerprint density at radius 3 is 2.03 bits per heavy atom. The SMILES string of the molecule is CCC(=O)NCc1ccc(NC[C@](O)(c2cccc(C(F)(F)F)c2)C(F)(F)F)cc1C(F)(F)F. The molecule has 0 heterocycles. The van der Waals surface area contributed by atoms with E-state index in [0.29, 0.717) is 24.3 Å². The fraction of sp³-hybridized carbons (Fsp3) is 0.381. The molecule has 0 bridgehead atoms. The van der Waals surface area contributed by atoms with Crippen LogP contribution < -0.4 is 10.6 Å². The van der Waals surface area contributed by atoms with Crippen LogP contribution in [0, 0.1) is 0 Å². The Morgan fingerprint density at radius 2 is 1.50 bits per heavy atom. The summed E-state index contributed by atoms with van der Waals surface area (Å²) in [5, 5.41) is 14.6. The van der Waals surface area contributed by atoms with Crippen molar-refractivity contribution < 1.29 is 49.4 Å². The van der Waals surface area contributed by atoms with Crippen LogP contribution in [0.15, 0.2) is 42.5 Å². The molecule has 0 fully saturated rings. The predicted molar refractivity (Wildman–Crippen MR) is 103 cm³/mol. The molecule has 4 nitrogen and oxygen atoms in total. The van der Waals surface area contributed by atoms with E-state index in [1.54, 1.807) is 0 Å². The average Bonchev–Trinajstić information content (AvgIpc) is 2.74. The van der Waals surface area contributed by atoms with E-state index >= 15 is 0 Å². The zero-order valence-corrected chi connectivity index (χ0v) is 17.4. The van der Waals surface area contributed by atoms with Crippen LogP contribution in [-0.2, 0) is 29.3 Å². The van der Waals surface area contributed by atoms with E-state index in [9.17, 15) is 49.4 Å². The van der Waals surface area contributed by atoms with E-state index in [1.807, 2.05) is 5.32 Å². The number of aliphatic hydroxyl groups is 1. The standard InChI is InChI=1S/C21H19F9N2O2/c1-2-17(33)31-10-12-6-7-15(9-16(12)20(25,26)27)32-11-18(34,21(28,29)30)13-4-3-5-14(8-13)19(22,23)24/h3-9,32,34H,2,10-11H2,1H3,(H,31,33)/t18-/m0/s1. The number of carbonyl (C=O) groups excluding carboxylic acids is 1. The Hall–Kier alpha value is -2.96. The Labute approximate surface area is 187 Å². The molecular formula is C21H19F9N2O2. The maximum absolute atomic E-state index is 13.7. The summed E-state index contributed by atoms with van der Waals surface area (Å²) in [5.41, 5.74) is -8.51. The number of amides is 1. The lowest BCUT2D eigenvalue weighted by Gasteiger charge is -2.32. The third-order valence-electron chi connectivity index (χ3n) is 4.90.